The van der Waals surface area contributed by atoms with Gasteiger partial charge in [0.25, 0.3) is 0 Å². The van der Waals surface area contributed by atoms with Crippen LogP contribution in [0.15, 0.2) is 52.2 Å². The van der Waals surface area contributed by atoms with Gasteiger partial charge in [0, 0.05) is 17.1 Å². The number of amides is 2. The molecular weight excluding hydrogens is 288 g/mol. The van der Waals surface area contributed by atoms with Crippen molar-refractivity contribution in [2.75, 3.05) is 18.1 Å². The van der Waals surface area contributed by atoms with Crippen molar-refractivity contribution in [2.45, 2.75) is 11.3 Å². The first kappa shape index (κ1) is 15.2. The lowest BCUT2D eigenvalue weighted by Crippen LogP contribution is -2.36. The third-order valence-electron chi connectivity index (χ3n) is 2.81. The maximum absolute atomic E-state index is 11.8. The quantitative estimate of drug-likeness (QED) is 0.657. The highest BCUT2D eigenvalue weighted by Gasteiger charge is 2.13. The zero-order chi connectivity index (χ0) is 15.1. The highest BCUT2D eigenvalue weighted by atomic mass is 32.2. The molecule has 6 heteroatoms. The Morgan fingerprint density at radius 2 is 2.10 bits per heavy atom. The molecule has 0 spiro atoms. The Bertz CT molecular complexity index is 611. The number of thioether (sulfide) groups is 1. The second kappa shape index (κ2) is 7.54. The molecule has 0 saturated heterocycles. The molecule has 0 aliphatic heterocycles. The highest BCUT2D eigenvalue weighted by Crippen LogP contribution is 2.18. The number of hydrogen-bond acceptors (Lipinski definition) is 4. The molecule has 0 atom stereocenters. The molecule has 2 N–H and O–H groups in total. The fraction of sp³-hybridized carbons (Fsp3) is 0.200. The van der Waals surface area contributed by atoms with Crippen molar-refractivity contribution in [1.29, 1.82) is 0 Å². The highest BCUT2D eigenvalue weighted by molar-refractivity contribution is 7.98. The van der Waals surface area contributed by atoms with Gasteiger partial charge >= 0.3 is 11.8 Å². The summed E-state index contributed by atoms with van der Waals surface area (Å²) < 4.78 is 4.93. The average molecular weight is 304 g/mol. The summed E-state index contributed by atoms with van der Waals surface area (Å²) in [5, 5.41) is 5.15. The van der Waals surface area contributed by atoms with E-state index in [1.54, 1.807) is 30.4 Å². The SMILES string of the molecule is CSc1cccc(NC(=O)C(=O)NCCc2ccoc2)c1. The molecule has 0 bridgehead atoms. The van der Waals surface area contributed by atoms with Gasteiger partial charge in [0.1, 0.15) is 0 Å². The number of benzene rings is 1. The molecule has 1 aromatic carbocycles. The van der Waals surface area contributed by atoms with Crippen LogP contribution in [0.4, 0.5) is 5.69 Å². The normalized spacial score (nSPS) is 10.1. The molecule has 1 heterocycles. The summed E-state index contributed by atoms with van der Waals surface area (Å²) in [5.41, 5.74) is 1.58. The van der Waals surface area contributed by atoms with Crippen molar-refractivity contribution in [3.8, 4) is 0 Å². The zero-order valence-corrected chi connectivity index (χ0v) is 12.4. The van der Waals surface area contributed by atoms with Gasteiger partial charge in [-0.3, -0.25) is 9.59 Å². The van der Waals surface area contributed by atoms with Gasteiger partial charge in [-0.1, -0.05) is 6.07 Å². The molecule has 2 aromatic rings. The van der Waals surface area contributed by atoms with E-state index in [-0.39, 0.29) is 0 Å². The smallest absolute Gasteiger partial charge is 0.313 e. The van der Waals surface area contributed by atoms with Gasteiger partial charge in [-0.2, -0.15) is 0 Å². The Hall–Kier alpha value is -2.21. The number of carbonyl (C=O) groups is 2. The number of carbonyl (C=O) groups excluding carboxylic acids is 2. The number of rotatable bonds is 5. The van der Waals surface area contributed by atoms with Crippen LogP contribution in [0.25, 0.3) is 0 Å². The first-order chi connectivity index (χ1) is 10.2. The summed E-state index contributed by atoms with van der Waals surface area (Å²) >= 11 is 1.57. The lowest BCUT2D eigenvalue weighted by molar-refractivity contribution is -0.136. The molecule has 2 rings (SSSR count). The van der Waals surface area contributed by atoms with Gasteiger partial charge < -0.3 is 15.1 Å². The summed E-state index contributed by atoms with van der Waals surface area (Å²) in [6.07, 6.45) is 5.75. The molecule has 2 amide bonds. The van der Waals surface area contributed by atoms with Crippen LogP contribution in [0.5, 0.6) is 0 Å². The number of anilines is 1. The van der Waals surface area contributed by atoms with Gasteiger partial charge in [-0.15, -0.1) is 11.8 Å². The monoisotopic (exact) mass is 304 g/mol. The van der Waals surface area contributed by atoms with Gasteiger partial charge in [-0.25, -0.2) is 0 Å². The van der Waals surface area contributed by atoms with Crippen molar-refractivity contribution in [2.24, 2.45) is 0 Å². The third-order valence-corrected chi connectivity index (χ3v) is 3.54. The van der Waals surface area contributed by atoms with Gasteiger partial charge in [0.05, 0.1) is 12.5 Å². The Morgan fingerprint density at radius 3 is 2.81 bits per heavy atom. The van der Waals surface area contributed by atoms with Crippen molar-refractivity contribution >= 4 is 29.3 Å². The Kier molecular flexibility index (Phi) is 5.45. The maximum Gasteiger partial charge on any atom is 0.313 e. The molecule has 1 aromatic heterocycles. The third kappa shape index (κ3) is 4.68. The second-order valence-corrected chi connectivity index (χ2v) is 5.20. The molecule has 21 heavy (non-hydrogen) atoms. The molecule has 0 radical (unpaired) electrons. The summed E-state index contributed by atoms with van der Waals surface area (Å²) in [6.45, 7) is 0.386. The molecule has 0 fully saturated rings. The van der Waals surface area contributed by atoms with Gasteiger partial charge in [0.2, 0.25) is 0 Å². The number of hydrogen-bond donors (Lipinski definition) is 2. The molecule has 0 aliphatic carbocycles. The van der Waals surface area contributed by atoms with E-state index >= 15 is 0 Å². The minimum absolute atomic E-state index is 0.386. The Labute approximate surface area is 127 Å². The number of nitrogens with one attached hydrogen (secondary N) is 2. The molecule has 0 saturated carbocycles. The van der Waals surface area contributed by atoms with Crippen LogP contribution in [0.3, 0.4) is 0 Å². The van der Waals surface area contributed by atoms with E-state index in [4.69, 9.17) is 4.42 Å². The molecular formula is C15H16N2O3S. The van der Waals surface area contributed by atoms with Crippen molar-refractivity contribution in [3.05, 3.63) is 48.4 Å². The molecule has 0 aliphatic rings. The second-order valence-electron chi connectivity index (χ2n) is 4.32. The van der Waals surface area contributed by atoms with E-state index in [9.17, 15) is 9.59 Å². The molecule has 110 valence electrons. The summed E-state index contributed by atoms with van der Waals surface area (Å²) in [6, 6.07) is 9.15. The topological polar surface area (TPSA) is 71.3 Å². The van der Waals surface area contributed by atoms with Crippen LogP contribution in [-0.2, 0) is 16.0 Å². The lowest BCUT2D eigenvalue weighted by Gasteiger charge is -2.07. The van der Waals surface area contributed by atoms with E-state index in [1.165, 1.54) is 0 Å². The van der Waals surface area contributed by atoms with Crippen LogP contribution < -0.4 is 10.6 Å². The fourth-order valence-electron chi connectivity index (χ4n) is 1.72. The van der Waals surface area contributed by atoms with Crippen LogP contribution in [-0.4, -0.2) is 24.6 Å². The fourth-order valence-corrected chi connectivity index (χ4v) is 2.18. The van der Waals surface area contributed by atoms with Crippen LogP contribution in [0.2, 0.25) is 0 Å². The first-order valence-electron chi connectivity index (χ1n) is 6.43. The van der Waals surface area contributed by atoms with Crippen LogP contribution in [0.1, 0.15) is 5.56 Å². The molecule has 0 unspecified atom stereocenters. The largest absolute Gasteiger partial charge is 0.472 e. The predicted octanol–water partition coefficient (Wildman–Crippen LogP) is 2.30. The summed E-state index contributed by atoms with van der Waals surface area (Å²) in [4.78, 5) is 24.5. The summed E-state index contributed by atoms with van der Waals surface area (Å²) in [7, 11) is 0. The van der Waals surface area contributed by atoms with Crippen LogP contribution in [0, 0.1) is 0 Å². The van der Waals surface area contributed by atoms with E-state index in [0.29, 0.717) is 18.7 Å². The van der Waals surface area contributed by atoms with Gasteiger partial charge in [0.15, 0.2) is 0 Å². The Morgan fingerprint density at radius 1 is 1.24 bits per heavy atom. The Balaban J connectivity index is 1.80. The van der Waals surface area contributed by atoms with Gasteiger partial charge in [-0.05, 0) is 42.5 Å². The van der Waals surface area contributed by atoms with Crippen molar-refractivity contribution < 1.29 is 14.0 Å². The molecule has 5 nitrogen and oxygen atoms in total. The van der Waals surface area contributed by atoms with E-state index < -0.39 is 11.8 Å². The van der Waals surface area contributed by atoms with Crippen LogP contribution >= 0.6 is 11.8 Å². The maximum atomic E-state index is 11.8. The zero-order valence-electron chi connectivity index (χ0n) is 11.6. The first-order valence-corrected chi connectivity index (χ1v) is 7.66. The lowest BCUT2D eigenvalue weighted by atomic mass is 10.2. The van der Waals surface area contributed by atoms with Crippen molar-refractivity contribution in [1.82, 2.24) is 5.32 Å². The minimum Gasteiger partial charge on any atom is -0.472 e. The number of furan rings is 1. The van der Waals surface area contributed by atoms with E-state index in [2.05, 4.69) is 10.6 Å². The predicted molar refractivity (Wildman–Crippen MR) is 82.3 cm³/mol. The van der Waals surface area contributed by atoms with Crippen molar-refractivity contribution in [3.63, 3.8) is 0 Å². The standard InChI is InChI=1S/C15H16N2O3S/c1-21-13-4-2-3-12(9-13)17-15(19)14(18)16-7-5-11-6-8-20-10-11/h2-4,6,8-10H,5,7H2,1H3,(H,16,18)(H,17,19). The van der Waals surface area contributed by atoms with E-state index in [1.807, 2.05) is 30.5 Å². The summed E-state index contributed by atoms with van der Waals surface area (Å²) in [5.74, 6) is -1.31. The minimum atomic E-state index is -0.666. The average Bonchev–Trinajstić information content (AvgIpc) is 3.00. The van der Waals surface area contributed by atoms with E-state index in [0.717, 1.165) is 10.5 Å².